The normalized spacial score (nSPS) is 16.2. The molecule has 122 valence electrons. The molecule has 4 nitrogen and oxygen atoms in total. The monoisotopic (exact) mass is 359 g/mol. The zero-order chi connectivity index (χ0) is 17.4. The minimum atomic E-state index is -0.343. The van der Waals surface area contributed by atoms with E-state index in [0.29, 0.717) is 21.4 Å². The molecule has 3 rings (SSSR count). The summed E-state index contributed by atoms with van der Waals surface area (Å²) in [5, 5.41) is 10.4. The van der Waals surface area contributed by atoms with Gasteiger partial charge in [-0.15, -0.1) is 0 Å². The molecule has 0 fully saturated rings. The number of nitriles is 1. The van der Waals surface area contributed by atoms with Crippen LogP contribution in [0.1, 0.15) is 17.0 Å². The molecule has 0 amide bonds. The number of ether oxygens (including phenoxy) is 1. The van der Waals surface area contributed by atoms with Gasteiger partial charge < -0.3 is 15.4 Å². The zero-order valence-electron chi connectivity index (χ0n) is 13.2. The van der Waals surface area contributed by atoms with Crippen LogP contribution >= 0.6 is 23.2 Å². The Hall–Kier alpha value is -2.35. The van der Waals surface area contributed by atoms with E-state index in [9.17, 15) is 5.26 Å². The molecule has 2 N–H and O–H groups in total. The molecule has 2 aromatic rings. The maximum absolute atomic E-state index is 9.55. The minimum Gasteiger partial charge on any atom is -0.440 e. The van der Waals surface area contributed by atoms with Gasteiger partial charge in [-0.2, -0.15) is 5.26 Å². The largest absolute Gasteiger partial charge is 0.440 e. The van der Waals surface area contributed by atoms with E-state index in [4.69, 9.17) is 33.7 Å². The van der Waals surface area contributed by atoms with E-state index in [1.165, 1.54) is 0 Å². The molecule has 0 aliphatic carbocycles. The predicted molar refractivity (Wildman–Crippen MR) is 96.5 cm³/mol. The lowest BCUT2D eigenvalue weighted by atomic mass is 9.83. The Kier molecular flexibility index (Phi) is 4.31. The molecule has 0 spiro atoms. The molecule has 0 saturated carbocycles. The second kappa shape index (κ2) is 6.27. The van der Waals surface area contributed by atoms with Crippen LogP contribution in [0.25, 0.3) is 0 Å². The summed E-state index contributed by atoms with van der Waals surface area (Å²) in [5.74, 6) is 0.399. The van der Waals surface area contributed by atoms with E-state index >= 15 is 0 Å². The van der Waals surface area contributed by atoms with Gasteiger partial charge >= 0.3 is 0 Å². The number of halogens is 2. The molecule has 2 aromatic carbocycles. The van der Waals surface area contributed by atoms with E-state index in [0.717, 1.165) is 16.8 Å². The van der Waals surface area contributed by atoms with Crippen LogP contribution in [-0.4, -0.2) is 14.1 Å². The van der Waals surface area contributed by atoms with Gasteiger partial charge in [-0.1, -0.05) is 35.3 Å². The number of hydrogen-bond donors (Lipinski definition) is 1. The number of nitrogens with zero attached hydrogens (tertiary/aromatic N) is 2. The minimum absolute atomic E-state index is 0.108. The topological polar surface area (TPSA) is 62.3 Å². The quantitative estimate of drug-likeness (QED) is 0.869. The molecule has 1 atom stereocenters. The fraction of sp³-hybridized carbons (Fsp3) is 0.167. The number of anilines is 1. The molecule has 0 aromatic heterocycles. The Balaban J connectivity index is 2.20. The Bertz CT molecular complexity index is 884. The third-order valence-corrected chi connectivity index (χ3v) is 4.74. The van der Waals surface area contributed by atoms with Crippen molar-refractivity contribution in [3.8, 4) is 11.8 Å². The summed E-state index contributed by atoms with van der Waals surface area (Å²) in [6, 6.07) is 13.3. The molecule has 24 heavy (non-hydrogen) atoms. The van der Waals surface area contributed by atoms with Gasteiger partial charge in [0.15, 0.2) is 0 Å². The summed E-state index contributed by atoms with van der Waals surface area (Å²) in [6.07, 6.45) is 0. The molecule has 0 bridgehead atoms. The number of benzene rings is 2. The number of rotatable bonds is 2. The lowest BCUT2D eigenvalue weighted by Crippen LogP contribution is -2.21. The first-order valence-corrected chi connectivity index (χ1v) is 8.01. The summed E-state index contributed by atoms with van der Waals surface area (Å²) in [4.78, 5) is 1.97. The average molecular weight is 360 g/mol. The van der Waals surface area contributed by atoms with Crippen LogP contribution in [-0.2, 0) is 0 Å². The Morgan fingerprint density at radius 3 is 2.50 bits per heavy atom. The molecular weight excluding hydrogens is 345 g/mol. The highest BCUT2D eigenvalue weighted by Crippen LogP contribution is 2.44. The third-order valence-electron chi connectivity index (χ3n) is 4.00. The van der Waals surface area contributed by atoms with Crippen molar-refractivity contribution in [2.75, 3.05) is 19.0 Å². The summed E-state index contributed by atoms with van der Waals surface area (Å²) in [5.41, 5.74) is 9.03. The van der Waals surface area contributed by atoms with E-state index in [1.54, 1.807) is 12.1 Å². The first-order valence-electron chi connectivity index (χ1n) is 7.26. The van der Waals surface area contributed by atoms with Crippen LogP contribution in [0, 0.1) is 11.3 Å². The lowest BCUT2D eigenvalue weighted by Gasteiger charge is -2.27. The highest BCUT2D eigenvalue weighted by Gasteiger charge is 2.31. The standard InChI is InChI=1S/C18H15Cl2N3O/c1-23(2)11-4-5-12-16(8-11)24-18(22)13(9-21)17(12)10-3-6-14(19)15(20)7-10/h3-8,17H,22H2,1-2H3. The van der Waals surface area contributed by atoms with Crippen molar-refractivity contribution >= 4 is 28.9 Å². The summed E-state index contributed by atoms with van der Waals surface area (Å²) in [7, 11) is 3.89. The fourth-order valence-electron chi connectivity index (χ4n) is 2.76. The van der Waals surface area contributed by atoms with Crippen molar-refractivity contribution < 1.29 is 4.74 Å². The van der Waals surface area contributed by atoms with Crippen LogP contribution in [0.15, 0.2) is 47.9 Å². The van der Waals surface area contributed by atoms with Crippen molar-refractivity contribution in [2.24, 2.45) is 5.73 Å². The Morgan fingerprint density at radius 2 is 1.88 bits per heavy atom. The number of nitrogens with two attached hydrogens (primary N) is 1. The van der Waals surface area contributed by atoms with Crippen LogP contribution < -0.4 is 15.4 Å². The van der Waals surface area contributed by atoms with E-state index in [1.807, 2.05) is 43.3 Å². The van der Waals surface area contributed by atoms with Gasteiger partial charge in [0.2, 0.25) is 5.88 Å². The molecule has 1 aliphatic rings. The summed E-state index contributed by atoms with van der Waals surface area (Å²) < 4.78 is 5.68. The van der Waals surface area contributed by atoms with Gasteiger partial charge in [-0.25, -0.2) is 0 Å². The highest BCUT2D eigenvalue weighted by atomic mass is 35.5. The van der Waals surface area contributed by atoms with Gasteiger partial charge in [0.1, 0.15) is 17.4 Å². The molecule has 0 saturated heterocycles. The number of hydrogen-bond acceptors (Lipinski definition) is 4. The second-order valence-electron chi connectivity index (χ2n) is 5.71. The molecule has 1 unspecified atom stereocenters. The lowest BCUT2D eigenvalue weighted by molar-refractivity contribution is 0.394. The van der Waals surface area contributed by atoms with Crippen molar-refractivity contribution in [2.45, 2.75) is 5.92 Å². The van der Waals surface area contributed by atoms with Gasteiger partial charge in [0.05, 0.1) is 16.0 Å². The maximum atomic E-state index is 9.55. The highest BCUT2D eigenvalue weighted by molar-refractivity contribution is 6.42. The van der Waals surface area contributed by atoms with Gasteiger partial charge in [-0.3, -0.25) is 0 Å². The van der Waals surface area contributed by atoms with Crippen molar-refractivity contribution in [3.05, 3.63) is 69.0 Å². The van der Waals surface area contributed by atoms with E-state index in [2.05, 4.69) is 6.07 Å². The molecule has 6 heteroatoms. The molecule has 0 radical (unpaired) electrons. The summed E-state index contributed by atoms with van der Waals surface area (Å²) >= 11 is 12.2. The molecule has 1 aliphatic heterocycles. The van der Waals surface area contributed by atoms with Crippen molar-refractivity contribution in [1.29, 1.82) is 5.26 Å². The maximum Gasteiger partial charge on any atom is 0.205 e. The molecule has 1 heterocycles. The van der Waals surface area contributed by atoms with Crippen molar-refractivity contribution in [3.63, 3.8) is 0 Å². The number of fused-ring (bicyclic) bond motifs is 1. The van der Waals surface area contributed by atoms with Crippen LogP contribution in [0.2, 0.25) is 10.0 Å². The Labute approximate surface area is 150 Å². The average Bonchev–Trinajstić information content (AvgIpc) is 2.55. The van der Waals surface area contributed by atoms with Gasteiger partial charge in [-0.05, 0) is 23.8 Å². The van der Waals surface area contributed by atoms with Crippen LogP contribution in [0.5, 0.6) is 5.75 Å². The SMILES string of the molecule is CN(C)c1ccc2c(c1)OC(N)=C(C#N)C2c1ccc(Cl)c(Cl)c1. The fourth-order valence-corrected chi connectivity index (χ4v) is 3.06. The van der Waals surface area contributed by atoms with E-state index < -0.39 is 0 Å². The Morgan fingerprint density at radius 1 is 1.12 bits per heavy atom. The van der Waals surface area contributed by atoms with Gasteiger partial charge in [0, 0.05) is 31.4 Å². The predicted octanol–water partition coefficient (Wildman–Crippen LogP) is 4.28. The van der Waals surface area contributed by atoms with E-state index in [-0.39, 0.29) is 11.8 Å². The second-order valence-corrected chi connectivity index (χ2v) is 6.53. The third kappa shape index (κ3) is 2.77. The van der Waals surface area contributed by atoms with Crippen LogP contribution in [0.4, 0.5) is 5.69 Å². The zero-order valence-corrected chi connectivity index (χ0v) is 14.7. The first kappa shape index (κ1) is 16.5. The van der Waals surface area contributed by atoms with Gasteiger partial charge in [0.25, 0.3) is 0 Å². The first-order chi connectivity index (χ1) is 11.4. The number of allylic oxidation sites excluding steroid dienone is 1. The van der Waals surface area contributed by atoms with Crippen LogP contribution in [0.3, 0.4) is 0 Å². The molecular formula is C18H15Cl2N3O. The summed E-state index contributed by atoms with van der Waals surface area (Å²) in [6.45, 7) is 0. The smallest absolute Gasteiger partial charge is 0.205 e. The van der Waals surface area contributed by atoms with Crippen molar-refractivity contribution in [1.82, 2.24) is 0 Å².